The van der Waals surface area contributed by atoms with Gasteiger partial charge in [-0.05, 0) is 24.9 Å². The molecule has 0 aromatic carbocycles. The lowest BCUT2D eigenvalue weighted by molar-refractivity contribution is -0.146. The van der Waals surface area contributed by atoms with Gasteiger partial charge in [0.05, 0.1) is 17.4 Å². The number of hydrogen-bond acceptors (Lipinski definition) is 4. The zero-order chi connectivity index (χ0) is 10.3. The van der Waals surface area contributed by atoms with E-state index in [1.165, 1.54) is 0 Å². The summed E-state index contributed by atoms with van der Waals surface area (Å²) in [6, 6.07) is 0. The van der Waals surface area contributed by atoms with Crippen LogP contribution in [0.1, 0.15) is 0 Å². The molecule has 0 amide bonds. The third kappa shape index (κ3) is 1.64. The topological polar surface area (TPSA) is 83.5 Å². The van der Waals surface area contributed by atoms with Crippen LogP contribution in [0.15, 0.2) is 0 Å². The first-order valence-corrected chi connectivity index (χ1v) is 6.46. The third-order valence-corrected chi connectivity index (χ3v) is 4.92. The van der Waals surface area contributed by atoms with Gasteiger partial charge in [-0.25, -0.2) is 8.42 Å². The fourth-order valence-electron chi connectivity index (χ4n) is 2.54. The molecule has 2 rings (SSSR count). The average Bonchev–Trinajstić information content (AvgIpc) is 1.99. The van der Waals surface area contributed by atoms with Crippen LogP contribution >= 0.6 is 0 Å². The summed E-state index contributed by atoms with van der Waals surface area (Å²) in [6.45, 7) is 1.01. The second-order valence-electron chi connectivity index (χ2n) is 4.12. The van der Waals surface area contributed by atoms with Crippen LogP contribution in [-0.4, -0.2) is 44.1 Å². The molecule has 2 fully saturated rings. The highest BCUT2D eigenvalue weighted by atomic mass is 32.2. The lowest BCUT2D eigenvalue weighted by Crippen LogP contribution is -2.55. The van der Waals surface area contributed by atoms with Gasteiger partial charge in [0.15, 0.2) is 9.84 Å². The maximum Gasteiger partial charge on any atom is 0.307 e. The zero-order valence-corrected chi connectivity index (χ0v) is 8.46. The zero-order valence-electron chi connectivity index (χ0n) is 7.64. The van der Waals surface area contributed by atoms with Gasteiger partial charge in [-0.3, -0.25) is 4.79 Å². The minimum absolute atomic E-state index is 0.0213. The normalized spacial score (nSPS) is 40.4. The molecule has 0 saturated carbocycles. The molecular weight excluding hydrogens is 206 g/mol. The molecule has 0 aromatic rings. The van der Waals surface area contributed by atoms with E-state index < -0.39 is 21.7 Å². The quantitative estimate of drug-likeness (QED) is 0.588. The number of carbonyl (C=O) groups is 1. The summed E-state index contributed by atoms with van der Waals surface area (Å²) in [5, 5.41) is 12.1. The van der Waals surface area contributed by atoms with Crippen LogP contribution in [0.25, 0.3) is 0 Å². The summed E-state index contributed by atoms with van der Waals surface area (Å²) in [5.74, 6) is -1.77. The van der Waals surface area contributed by atoms with Crippen LogP contribution in [0.4, 0.5) is 0 Å². The van der Waals surface area contributed by atoms with Crippen molar-refractivity contribution in [3.8, 4) is 0 Å². The SMILES string of the molecule is O=C(O)C1[C@H]2CNC[C@H]1CS(=O)(=O)C2. The molecule has 0 aliphatic carbocycles. The van der Waals surface area contributed by atoms with Crippen LogP contribution < -0.4 is 5.32 Å². The number of carboxylic acid groups (broad SMARTS) is 1. The van der Waals surface area contributed by atoms with E-state index in [-0.39, 0.29) is 23.3 Å². The number of rotatable bonds is 1. The highest BCUT2D eigenvalue weighted by Crippen LogP contribution is 2.32. The van der Waals surface area contributed by atoms with Crippen LogP contribution in [-0.2, 0) is 14.6 Å². The number of piperidine rings is 1. The number of carboxylic acids is 1. The van der Waals surface area contributed by atoms with Crippen molar-refractivity contribution in [3.05, 3.63) is 0 Å². The minimum Gasteiger partial charge on any atom is -0.481 e. The maximum atomic E-state index is 11.4. The largest absolute Gasteiger partial charge is 0.481 e. The molecule has 0 unspecified atom stereocenters. The maximum absolute atomic E-state index is 11.4. The Morgan fingerprint density at radius 2 is 1.71 bits per heavy atom. The number of aliphatic carboxylic acids is 1. The second kappa shape index (κ2) is 3.20. The summed E-state index contributed by atoms with van der Waals surface area (Å²) < 4.78 is 22.8. The molecule has 0 radical (unpaired) electrons. The molecule has 2 aliphatic rings. The van der Waals surface area contributed by atoms with Crippen molar-refractivity contribution in [1.82, 2.24) is 5.32 Å². The van der Waals surface area contributed by atoms with Gasteiger partial charge in [0, 0.05) is 0 Å². The first-order chi connectivity index (χ1) is 6.49. The van der Waals surface area contributed by atoms with Crippen molar-refractivity contribution in [3.63, 3.8) is 0 Å². The number of nitrogens with one attached hydrogen (secondary N) is 1. The van der Waals surface area contributed by atoms with Crippen LogP contribution in [0.3, 0.4) is 0 Å². The van der Waals surface area contributed by atoms with E-state index in [1.54, 1.807) is 0 Å². The van der Waals surface area contributed by atoms with Gasteiger partial charge < -0.3 is 10.4 Å². The van der Waals surface area contributed by atoms with Crippen molar-refractivity contribution in [1.29, 1.82) is 0 Å². The average molecular weight is 219 g/mol. The minimum atomic E-state index is -3.01. The van der Waals surface area contributed by atoms with Crippen LogP contribution in [0.5, 0.6) is 0 Å². The van der Waals surface area contributed by atoms with Crippen molar-refractivity contribution in [2.75, 3.05) is 24.6 Å². The molecule has 2 aliphatic heterocycles. The molecule has 6 heteroatoms. The van der Waals surface area contributed by atoms with E-state index in [0.29, 0.717) is 13.1 Å². The first kappa shape index (κ1) is 9.92. The molecule has 14 heavy (non-hydrogen) atoms. The van der Waals surface area contributed by atoms with E-state index in [1.807, 2.05) is 0 Å². The van der Waals surface area contributed by atoms with Gasteiger partial charge in [0.1, 0.15) is 0 Å². The van der Waals surface area contributed by atoms with Crippen molar-refractivity contribution < 1.29 is 18.3 Å². The van der Waals surface area contributed by atoms with Crippen molar-refractivity contribution in [2.24, 2.45) is 17.8 Å². The van der Waals surface area contributed by atoms with Gasteiger partial charge in [-0.1, -0.05) is 0 Å². The number of sulfone groups is 1. The molecule has 0 spiro atoms. The molecule has 5 nitrogen and oxygen atoms in total. The monoisotopic (exact) mass is 219 g/mol. The van der Waals surface area contributed by atoms with E-state index >= 15 is 0 Å². The Morgan fingerprint density at radius 3 is 2.14 bits per heavy atom. The molecular formula is C8H13NO4S. The van der Waals surface area contributed by atoms with Crippen molar-refractivity contribution >= 4 is 15.8 Å². The standard InChI is InChI=1S/C8H13NO4S/c10-8(11)7-5-1-9-2-6(7)4-14(12,13)3-5/h5-7,9H,1-4H2,(H,10,11)/t5-,6-/m0/s1. The Bertz CT molecular complexity index is 330. The van der Waals surface area contributed by atoms with E-state index in [9.17, 15) is 13.2 Å². The van der Waals surface area contributed by atoms with Gasteiger partial charge in [-0.2, -0.15) is 0 Å². The highest BCUT2D eigenvalue weighted by Gasteiger charge is 2.46. The summed E-state index contributed by atoms with van der Waals surface area (Å²) in [7, 11) is -3.01. The Labute approximate surface area is 82.4 Å². The van der Waals surface area contributed by atoms with Crippen LogP contribution in [0, 0.1) is 17.8 Å². The molecule has 2 atom stereocenters. The van der Waals surface area contributed by atoms with Gasteiger partial charge >= 0.3 is 5.97 Å². The van der Waals surface area contributed by atoms with E-state index in [2.05, 4.69) is 5.32 Å². The van der Waals surface area contributed by atoms with Gasteiger partial charge in [0.2, 0.25) is 0 Å². The van der Waals surface area contributed by atoms with E-state index in [4.69, 9.17) is 5.11 Å². The Balaban J connectivity index is 2.28. The smallest absolute Gasteiger partial charge is 0.307 e. The summed E-state index contributed by atoms with van der Waals surface area (Å²) >= 11 is 0. The summed E-state index contributed by atoms with van der Waals surface area (Å²) in [5.41, 5.74) is 0. The van der Waals surface area contributed by atoms with Crippen molar-refractivity contribution in [2.45, 2.75) is 0 Å². The Kier molecular flexibility index (Phi) is 2.27. The lowest BCUT2D eigenvalue weighted by Gasteiger charge is -2.39. The first-order valence-electron chi connectivity index (χ1n) is 4.63. The fourth-order valence-corrected chi connectivity index (χ4v) is 4.63. The predicted molar refractivity (Wildman–Crippen MR) is 49.6 cm³/mol. The molecule has 80 valence electrons. The second-order valence-corrected chi connectivity index (χ2v) is 6.27. The van der Waals surface area contributed by atoms with Gasteiger partial charge in [0.25, 0.3) is 0 Å². The molecule has 0 aromatic heterocycles. The number of hydrogen-bond donors (Lipinski definition) is 2. The molecule has 2 N–H and O–H groups in total. The van der Waals surface area contributed by atoms with Gasteiger partial charge in [-0.15, -0.1) is 0 Å². The molecule has 2 heterocycles. The fraction of sp³-hybridized carbons (Fsp3) is 0.875. The molecule has 2 bridgehead atoms. The third-order valence-electron chi connectivity index (χ3n) is 3.05. The Morgan fingerprint density at radius 1 is 1.21 bits per heavy atom. The summed E-state index contributed by atoms with van der Waals surface area (Å²) in [4.78, 5) is 11.0. The summed E-state index contributed by atoms with van der Waals surface area (Å²) in [6.07, 6.45) is 0. The molecule has 2 saturated heterocycles. The number of fused-ring (bicyclic) bond motifs is 2. The van der Waals surface area contributed by atoms with Crippen LogP contribution in [0.2, 0.25) is 0 Å². The predicted octanol–water partition coefficient (Wildman–Crippen LogP) is -1.05. The Hall–Kier alpha value is -0.620. The highest BCUT2D eigenvalue weighted by molar-refractivity contribution is 7.91. The lowest BCUT2D eigenvalue weighted by atomic mass is 9.80. The van der Waals surface area contributed by atoms with E-state index in [0.717, 1.165) is 0 Å².